The normalized spacial score (nSPS) is 13.5. The van der Waals surface area contributed by atoms with Crippen LogP contribution in [0.15, 0.2) is 162 Å². The maximum atomic E-state index is 6.65. The SMILES string of the molecule is c1ccc(C2(c3ccccc3)c3ccccc3-c3cc4c(cc32)oc2ccc(-c3ccc5sc6ccccc6c5c3)cc24)cc1. The molecule has 2 heteroatoms. The van der Waals surface area contributed by atoms with Crippen LogP contribution in [0.4, 0.5) is 0 Å². The number of furan rings is 1. The van der Waals surface area contributed by atoms with E-state index in [1.165, 1.54) is 64.7 Å². The van der Waals surface area contributed by atoms with Gasteiger partial charge in [-0.05, 0) is 87.0 Å². The number of thiophene rings is 1. The molecule has 0 bridgehead atoms. The Hall–Kier alpha value is -5.44. The molecule has 0 saturated heterocycles. The lowest BCUT2D eigenvalue weighted by atomic mass is 9.67. The Morgan fingerprint density at radius 1 is 0.400 bits per heavy atom. The van der Waals surface area contributed by atoms with E-state index in [0.717, 1.165) is 21.9 Å². The van der Waals surface area contributed by atoms with Crippen LogP contribution in [0.2, 0.25) is 0 Å². The van der Waals surface area contributed by atoms with Gasteiger partial charge in [-0.25, -0.2) is 0 Å². The third kappa shape index (κ3) is 3.43. The summed E-state index contributed by atoms with van der Waals surface area (Å²) in [4.78, 5) is 0. The van der Waals surface area contributed by atoms with Gasteiger partial charge in [-0.2, -0.15) is 0 Å². The zero-order valence-corrected chi connectivity index (χ0v) is 25.1. The molecule has 7 aromatic carbocycles. The van der Waals surface area contributed by atoms with E-state index in [0.29, 0.717) is 0 Å². The Morgan fingerprint density at radius 2 is 1.02 bits per heavy atom. The number of hydrogen-bond acceptors (Lipinski definition) is 2. The average Bonchev–Trinajstić information content (AvgIpc) is 3.75. The fourth-order valence-corrected chi connectivity index (χ4v) is 8.88. The predicted molar refractivity (Wildman–Crippen MR) is 189 cm³/mol. The van der Waals surface area contributed by atoms with Gasteiger partial charge in [-0.1, -0.05) is 115 Å². The van der Waals surface area contributed by atoms with Crippen LogP contribution in [0.25, 0.3) is 64.4 Å². The van der Waals surface area contributed by atoms with E-state index in [2.05, 4.69) is 158 Å². The molecule has 0 aliphatic heterocycles. The summed E-state index contributed by atoms with van der Waals surface area (Å²) in [7, 11) is 0. The minimum absolute atomic E-state index is 0.439. The minimum Gasteiger partial charge on any atom is -0.456 e. The van der Waals surface area contributed by atoms with Crippen LogP contribution < -0.4 is 0 Å². The Bertz CT molecular complexity index is 2550. The van der Waals surface area contributed by atoms with Gasteiger partial charge in [0.25, 0.3) is 0 Å². The Kier molecular flexibility index (Phi) is 5.14. The van der Waals surface area contributed by atoms with E-state index in [1.54, 1.807) is 0 Å². The van der Waals surface area contributed by atoms with E-state index in [1.807, 2.05) is 11.3 Å². The van der Waals surface area contributed by atoms with Crippen molar-refractivity contribution >= 4 is 53.4 Å². The summed E-state index contributed by atoms with van der Waals surface area (Å²) >= 11 is 1.86. The van der Waals surface area contributed by atoms with Crippen LogP contribution >= 0.6 is 11.3 Å². The Morgan fingerprint density at radius 3 is 1.82 bits per heavy atom. The first-order chi connectivity index (χ1) is 22.3. The fraction of sp³-hybridized carbons (Fsp3) is 0.0233. The summed E-state index contributed by atoms with van der Waals surface area (Å²) in [6.07, 6.45) is 0. The van der Waals surface area contributed by atoms with Crippen molar-refractivity contribution in [2.45, 2.75) is 5.41 Å². The molecule has 45 heavy (non-hydrogen) atoms. The molecule has 0 radical (unpaired) electrons. The van der Waals surface area contributed by atoms with Crippen LogP contribution in [0.5, 0.6) is 0 Å². The standard InChI is InChI=1S/C43H26OS/c1-3-11-29(12-4-1)43(30-13-5-2-6-14-30)37-17-9-7-15-31(37)33-25-35-34-23-27(19-21-39(34)44-40(35)26-38(33)43)28-20-22-42-36(24-28)32-16-8-10-18-41(32)45-42/h1-26H. The van der Waals surface area contributed by atoms with Gasteiger partial charge in [-0.3, -0.25) is 0 Å². The van der Waals surface area contributed by atoms with Crippen molar-refractivity contribution in [1.82, 2.24) is 0 Å². The molecule has 0 N–H and O–H groups in total. The third-order valence-electron chi connectivity index (χ3n) is 9.76. The second-order valence-corrected chi connectivity index (χ2v) is 13.1. The number of hydrogen-bond donors (Lipinski definition) is 0. The first kappa shape index (κ1) is 24.9. The van der Waals surface area contributed by atoms with E-state index in [-0.39, 0.29) is 0 Å². The van der Waals surface area contributed by atoms with Gasteiger partial charge < -0.3 is 4.42 Å². The zero-order chi connectivity index (χ0) is 29.5. The molecule has 10 rings (SSSR count). The van der Waals surface area contributed by atoms with Gasteiger partial charge in [0.2, 0.25) is 0 Å². The molecule has 2 aromatic heterocycles. The van der Waals surface area contributed by atoms with Gasteiger partial charge >= 0.3 is 0 Å². The monoisotopic (exact) mass is 590 g/mol. The lowest BCUT2D eigenvalue weighted by Crippen LogP contribution is -2.28. The molecule has 1 nitrogen and oxygen atoms in total. The predicted octanol–water partition coefficient (Wildman–Crippen LogP) is 12.0. The first-order valence-corrected chi connectivity index (χ1v) is 16.2. The van der Waals surface area contributed by atoms with Gasteiger partial charge in [0.1, 0.15) is 11.2 Å². The van der Waals surface area contributed by atoms with E-state index >= 15 is 0 Å². The number of benzene rings is 7. The maximum absolute atomic E-state index is 6.65. The summed E-state index contributed by atoms with van der Waals surface area (Å²) in [6.45, 7) is 0. The molecule has 0 unspecified atom stereocenters. The first-order valence-electron chi connectivity index (χ1n) is 15.4. The fourth-order valence-electron chi connectivity index (χ4n) is 7.80. The van der Waals surface area contributed by atoms with Crippen molar-refractivity contribution in [3.63, 3.8) is 0 Å². The molecule has 0 saturated carbocycles. The van der Waals surface area contributed by atoms with Crippen LogP contribution in [-0.2, 0) is 5.41 Å². The maximum Gasteiger partial charge on any atom is 0.135 e. The van der Waals surface area contributed by atoms with Crippen molar-refractivity contribution in [2.75, 3.05) is 0 Å². The van der Waals surface area contributed by atoms with Gasteiger partial charge in [0, 0.05) is 30.9 Å². The summed E-state index contributed by atoms with van der Waals surface area (Å²) in [5.41, 5.74) is 11.5. The molecule has 2 heterocycles. The molecule has 0 atom stereocenters. The summed E-state index contributed by atoms with van der Waals surface area (Å²) < 4.78 is 9.30. The largest absolute Gasteiger partial charge is 0.456 e. The Balaban J connectivity index is 1.22. The number of rotatable bonds is 3. The van der Waals surface area contributed by atoms with Crippen molar-refractivity contribution in [2.24, 2.45) is 0 Å². The highest BCUT2D eigenvalue weighted by Gasteiger charge is 2.46. The molecule has 0 fully saturated rings. The van der Waals surface area contributed by atoms with E-state index in [4.69, 9.17) is 4.42 Å². The van der Waals surface area contributed by atoms with E-state index < -0.39 is 5.41 Å². The summed E-state index contributed by atoms with van der Waals surface area (Å²) in [6, 6.07) is 57.7. The topological polar surface area (TPSA) is 13.1 Å². The lowest BCUT2D eigenvalue weighted by Gasteiger charge is -2.33. The summed E-state index contributed by atoms with van der Waals surface area (Å²) in [5, 5.41) is 4.94. The van der Waals surface area contributed by atoms with Gasteiger partial charge in [-0.15, -0.1) is 11.3 Å². The quantitative estimate of drug-likeness (QED) is 0.199. The van der Waals surface area contributed by atoms with Crippen LogP contribution in [-0.4, -0.2) is 0 Å². The lowest BCUT2D eigenvalue weighted by molar-refractivity contribution is 0.666. The van der Waals surface area contributed by atoms with E-state index in [9.17, 15) is 0 Å². The highest BCUT2D eigenvalue weighted by Crippen LogP contribution is 2.57. The highest BCUT2D eigenvalue weighted by atomic mass is 32.1. The van der Waals surface area contributed by atoms with Crippen molar-refractivity contribution in [3.8, 4) is 22.3 Å². The molecular weight excluding hydrogens is 565 g/mol. The van der Waals surface area contributed by atoms with Crippen molar-refractivity contribution < 1.29 is 4.42 Å². The second kappa shape index (κ2) is 9.28. The molecule has 9 aromatic rings. The highest BCUT2D eigenvalue weighted by molar-refractivity contribution is 7.25. The van der Waals surface area contributed by atoms with Crippen LogP contribution in [0, 0.1) is 0 Å². The molecule has 1 aliphatic carbocycles. The van der Waals surface area contributed by atoms with Crippen molar-refractivity contribution in [3.05, 3.63) is 180 Å². The zero-order valence-electron chi connectivity index (χ0n) is 24.3. The Labute approximate surface area is 264 Å². The summed E-state index contributed by atoms with van der Waals surface area (Å²) in [5.74, 6) is 0. The van der Waals surface area contributed by atoms with Crippen molar-refractivity contribution in [1.29, 1.82) is 0 Å². The molecule has 1 aliphatic rings. The molecule has 210 valence electrons. The van der Waals surface area contributed by atoms with Gasteiger partial charge in [0.15, 0.2) is 0 Å². The minimum atomic E-state index is -0.439. The molecule has 0 amide bonds. The smallest absolute Gasteiger partial charge is 0.135 e. The van der Waals surface area contributed by atoms with Crippen LogP contribution in [0.3, 0.4) is 0 Å². The van der Waals surface area contributed by atoms with Crippen LogP contribution in [0.1, 0.15) is 22.3 Å². The third-order valence-corrected chi connectivity index (χ3v) is 10.9. The number of fused-ring (bicyclic) bond motifs is 9. The average molecular weight is 591 g/mol. The van der Waals surface area contributed by atoms with Gasteiger partial charge in [0.05, 0.1) is 5.41 Å². The molecular formula is C43H26OS. The molecule has 0 spiro atoms. The second-order valence-electron chi connectivity index (χ2n) is 12.0.